The Morgan fingerprint density at radius 1 is 0.459 bits per heavy atom. The van der Waals surface area contributed by atoms with Crippen molar-refractivity contribution in [3.8, 4) is 39.2 Å². The van der Waals surface area contributed by atoms with Crippen molar-refractivity contribution in [1.82, 2.24) is 14.2 Å². The molecule has 61 heavy (non-hydrogen) atoms. The minimum Gasteiger partial charge on any atom is -0.311 e. The first-order valence-corrected chi connectivity index (χ1v) is 21.3. The molecule has 0 saturated heterocycles. The third-order valence-electron chi connectivity index (χ3n) is 12.7. The fourth-order valence-electron chi connectivity index (χ4n) is 9.46. The van der Waals surface area contributed by atoms with Gasteiger partial charge in [0.1, 0.15) is 0 Å². The molecule has 8 aromatic carbocycles. The summed E-state index contributed by atoms with van der Waals surface area (Å²) in [6.45, 7) is 2.23. The quantitative estimate of drug-likeness (QED) is 0.153. The molecule has 0 N–H and O–H groups in total. The van der Waals surface area contributed by atoms with Gasteiger partial charge in [-0.15, -0.1) is 0 Å². The standard InChI is InChI=1S/C57H42N4/c1-38-56(58-61-55(42-20-21-42)37-45-14-8-9-17-50(45)57(38)61)43-26-33-49(34-27-43)59(47-29-22-40(23-30-47)39-12-4-2-5-13-39)48-31-24-41(25-32-48)44-28-35-54-52(36-44)51-18-10-11-19-53(51)60(54)46-15-6-3-7-16-46/h2-19,22-37,42H,20-21H2,1H3. The molecule has 12 rings (SSSR count). The molecular formula is C57H42N4. The maximum Gasteiger partial charge on any atom is 0.0963 e. The molecule has 1 fully saturated rings. The van der Waals surface area contributed by atoms with Crippen LogP contribution in [0.4, 0.5) is 17.1 Å². The van der Waals surface area contributed by atoms with Gasteiger partial charge in [-0.1, -0.05) is 133 Å². The molecule has 0 unspecified atom stereocenters. The van der Waals surface area contributed by atoms with Gasteiger partial charge in [0, 0.05) is 61.6 Å². The molecule has 3 aromatic heterocycles. The summed E-state index contributed by atoms with van der Waals surface area (Å²) in [5, 5.41) is 10.4. The zero-order valence-electron chi connectivity index (χ0n) is 33.9. The smallest absolute Gasteiger partial charge is 0.0963 e. The normalized spacial score (nSPS) is 12.8. The molecule has 11 aromatic rings. The average molecular weight is 783 g/mol. The van der Waals surface area contributed by atoms with E-state index in [2.05, 4.69) is 227 Å². The number of fused-ring (bicyclic) bond motifs is 6. The van der Waals surface area contributed by atoms with Gasteiger partial charge in [-0.25, -0.2) is 4.52 Å². The van der Waals surface area contributed by atoms with Crippen molar-refractivity contribution in [2.45, 2.75) is 25.7 Å². The second-order valence-corrected chi connectivity index (χ2v) is 16.4. The Kier molecular flexibility index (Phi) is 8.24. The van der Waals surface area contributed by atoms with Gasteiger partial charge >= 0.3 is 0 Å². The zero-order chi connectivity index (χ0) is 40.4. The van der Waals surface area contributed by atoms with E-state index in [4.69, 9.17) is 5.10 Å². The molecule has 0 bridgehead atoms. The first-order chi connectivity index (χ1) is 30.2. The van der Waals surface area contributed by atoms with Gasteiger partial charge in [0.05, 0.1) is 22.2 Å². The molecule has 1 aliphatic rings. The van der Waals surface area contributed by atoms with E-state index >= 15 is 0 Å². The zero-order valence-corrected chi connectivity index (χ0v) is 33.9. The summed E-state index contributed by atoms with van der Waals surface area (Å²) in [6, 6.07) is 74.8. The first kappa shape index (κ1) is 35.3. The fraction of sp³-hybridized carbons (Fsp3) is 0.0702. The van der Waals surface area contributed by atoms with Crippen LogP contribution in [0.2, 0.25) is 0 Å². The highest BCUT2D eigenvalue weighted by atomic mass is 15.2. The topological polar surface area (TPSA) is 25.5 Å². The van der Waals surface area contributed by atoms with Gasteiger partial charge in [-0.3, -0.25) is 0 Å². The molecule has 0 spiro atoms. The van der Waals surface area contributed by atoms with Crippen molar-refractivity contribution in [3.05, 3.63) is 218 Å². The molecule has 1 aliphatic carbocycles. The Morgan fingerprint density at radius 2 is 0.984 bits per heavy atom. The number of pyridine rings is 1. The number of hydrogen-bond donors (Lipinski definition) is 0. The summed E-state index contributed by atoms with van der Waals surface area (Å²) in [4.78, 5) is 2.36. The van der Waals surface area contributed by atoms with E-state index in [1.165, 1.54) is 90.1 Å². The Balaban J connectivity index is 0.933. The van der Waals surface area contributed by atoms with Gasteiger partial charge in [-0.05, 0) is 120 Å². The van der Waals surface area contributed by atoms with Gasteiger partial charge in [-0.2, -0.15) is 5.10 Å². The lowest BCUT2D eigenvalue weighted by Gasteiger charge is -2.26. The van der Waals surface area contributed by atoms with Crippen LogP contribution in [-0.4, -0.2) is 14.2 Å². The molecule has 0 radical (unpaired) electrons. The van der Waals surface area contributed by atoms with E-state index in [-0.39, 0.29) is 0 Å². The second kappa shape index (κ2) is 14.2. The number of hydrogen-bond acceptors (Lipinski definition) is 2. The Morgan fingerprint density at radius 3 is 1.66 bits per heavy atom. The monoisotopic (exact) mass is 782 g/mol. The van der Waals surface area contributed by atoms with Crippen LogP contribution in [0.3, 0.4) is 0 Å². The van der Waals surface area contributed by atoms with Crippen LogP contribution < -0.4 is 4.90 Å². The van der Waals surface area contributed by atoms with E-state index in [1.54, 1.807) is 0 Å². The third-order valence-corrected chi connectivity index (χ3v) is 12.7. The van der Waals surface area contributed by atoms with Crippen molar-refractivity contribution in [2.24, 2.45) is 0 Å². The maximum atomic E-state index is 5.32. The van der Waals surface area contributed by atoms with Gasteiger partial charge in [0.25, 0.3) is 0 Å². The van der Waals surface area contributed by atoms with Crippen molar-refractivity contribution in [3.63, 3.8) is 0 Å². The lowest BCUT2D eigenvalue weighted by Crippen LogP contribution is -2.09. The lowest BCUT2D eigenvalue weighted by molar-refractivity contribution is 0.866. The third kappa shape index (κ3) is 6.02. The number of anilines is 3. The van der Waals surface area contributed by atoms with Crippen molar-refractivity contribution < 1.29 is 0 Å². The Bertz CT molecular complexity index is 3390. The van der Waals surface area contributed by atoms with Crippen LogP contribution in [0.15, 0.2) is 206 Å². The predicted octanol–water partition coefficient (Wildman–Crippen LogP) is 15.2. The van der Waals surface area contributed by atoms with Crippen LogP contribution >= 0.6 is 0 Å². The van der Waals surface area contributed by atoms with Crippen molar-refractivity contribution in [2.75, 3.05) is 4.90 Å². The second-order valence-electron chi connectivity index (χ2n) is 16.4. The molecule has 3 heterocycles. The van der Waals surface area contributed by atoms with Crippen molar-refractivity contribution in [1.29, 1.82) is 0 Å². The summed E-state index contributed by atoms with van der Waals surface area (Å²) in [5.74, 6) is 0.583. The molecule has 0 amide bonds. The highest BCUT2D eigenvalue weighted by molar-refractivity contribution is 6.10. The van der Waals surface area contributed by atoms with Crippen LogP contribution in [0, 0.1) is 6.92 Å². The van der Waals surface area contributed by atoms with Crippen LogP contribution in [0.5, 0.6) is 0 Å². The number of aryl methyl sites for hydroxylation is 1. The fourth-order valence-corrected chi connectivity index (χ4v) is 9.46. The van der Waals surface area contributed by atoms with Crippen LogP contribution in [-0.2, 0) is 0 Å². The van der Waals surface area contributed by atoms with Crippen LogP contribution in [0.1, 0.15) is 30.0 Å². The molecule has 0 aliphatic heterocycles. The largest absolute Gasteiger partial charge is 0.311 e. The number of aromatic nitrogens is 3. The van der Waals surface area contributed by atoms with E-state index in [9.17, 15) is 0 Å². The first-order valence-electron chi connectivity index (χ1n) is 21.3. The molecule has 4 heteroatoms. The number of para-hydroxylation sites is 2. The predicted molar refractivity (Wildman–Crippen MR) is 255 cm³/mol. The van der Waals surface area contributed by atoms with Crippen molar-refractivity contribution >= 4 is 55.2 Å². The van der Waals surface area contributed by atoms with E-state index in [1.807, 2.05) is 0 Å². The molecule has 1 saturated carbocycles. The lowest BCUT2D eigenvalue weighted by atomic mass is 10.0. The van der Waals surface area contributed by atoms with Gasteiger partial charge in [0.2, 0.25) is 0 Å². The Labute approximate surface area is 355 Å². The van der Waals surface area contributed by atoms with Gasteiger partial charge < -0.3 is 9.47 Å². The number of rotatable bonds is 8. The summed E-state index contributed by atoms with van der Waals surface area (Å²) in [5.41, 5.74) is 17.6. The summed E-state index contributed by atoms with van der Waals surface area (Å²) < 4.78 is 4.60. The maximum absolute atomic E-state index is 5.32. The summed E-state index contributed by atoms with van der Waals surface area (Å²) >= 11 is 0. The average Bonchev–Trinajstić information content (AvgIpc) is 4.05. The number of benzene rings is 8. The van der Waals surface area contributed by atoms with Gasteiger partial charge in [0.15, 0.2) is 0 Å². The highest BCUT2D eigenvalue weighted by Crippen LogP contribution is 2.44. The molecule has 4 nitrogen and oxygen atoms in total. The van der Waals surface area contributed by atoms with E-state index in [0.29, 0.717) is 5.92 Å². The minimum absolute atomic E-state index is 0.583. The van der Waals surface area contributed by atoms with Crippen LogP contribution in [0.25, 0.3) is 77.3 Å². The summed E-state index contributed by atoms with van der Waals surface area (Å²) in [7, 11) is 0. The SMILES string of the molecule is Cc1c(-c2ccc(N(c3ccc(-c4ccccc4)cc3)c3ccc(-c4ccc5c(c4)c4ccccc4n5-c4ccccc4)cc3)cc2)nn2c(C3CC3)cc3ccccc3c12. The molecule has 0 atom stereocenters. The number of nitrogens with zero attached hydrogens (tertiary/aromatic N) is 4. The van der Waals surface area contributed by atoms with E-state index in [0.717, 1.165) is 28.3 Å². The minimum atomic E-state index is 0.583. The molecule has 290 valence electrons. The molecular weight excluding hydrogens is 741 g/mol. The Hall–Kier alpha value is -7.69. The van der Waals surface area contributed by atoms with E-state index < -0.39 is 0 Å². The highest BCUT2D eigenvalue weighted by Gasteiger charge is 2.28. The summed E-state index contributed by atoms with van der Waals surface area (Å²) in [6.07, 6.45) is 2.46.